The number of amides is 1. The van der Waals surface area contributed by atoms with E-state index in [9.17, 15) is 9.59 Å². The minimum Gasteiger partial charge on any atom is -0.467 e. The SMILES string of the molecule is C=CC[C@H]1CCN(C(=O)OC(C)(C)C)[C@@H]1C(=O)OC. The topological polar surface area (TPSA) is 55.8 Å². The standard InChI is InChI=1S/C14H23NO4/c1-6-7-10-8-9-15(11(10)12(16)18-5)13(17)19-14(2,3)4/h6,10-11H,1,7-9H2,2-5H3/t10-,11-/m0/s1. The Morgan fingerprint density at radius 3 is 2.53 bits per heavy atom. The van der Waals surface area contributed by atoms with Crippen LogP contribution in [0.25, 0.3) is 0 Å². The van der Waals surface area contributed by atoms with Crippen LogP contribution in [0, 0.1) is 5.92 Å². The maximum Gasteiger partial charge on any atom is 0.411 e. The second kappa shape index (κ2) is 6.08. The van der Waals surface area contributed by atoms with Crippen LogP contribution in [0.3, 0.4) is 0 Å². The Balaban J connectivity index is 2.84. The van der Waals surface area contributed by atoms with E-state index in [0.29, 0.717) is 13.0 Å². The van der Waals surface area contributed by atoms with Crippen molar-refractivity contribution in [1.82, 2.24) is 4.90 Å². The number of allylic oxidation sites excluding steroid dienone is 1. The van der Waals surface area contributed by atoms with E-state index in [4.69, 9.17) is 9.47 Å². The van der Waals surface area contributed by atoms with Gasteiger partial charge < -0.3 is 9.47 Å². The molecular weight excluding hydrogens is 246 g/mol. The van der Waals surface area contributed by atoms with Gasteiger partial charge in [0.2, 0.25) is 0 Å². The molecule has 0 N–H and O–H groups in total. The number of carbonyl (C=O) groups is 2. The van der Waals surface area contributed by atoms with E-state index in [0.717, 1.165) is 6.42 Å². The second-order valence-electron chi connectivity index (χ2n) is 5.71. The molecule has 0 saturated carbocycles. The number of hydrogen-bond donors (Lipinski definition) is 0. The smallest absolute Gasteiger partial charge is 0.411 e. The summed E-state index contributed by atoms with van der Waals surface area (Å²) in [4.78, 5) is 25.4. The molecule has 0 aromatic carbocycles. The van der Waals surface area contributed by atoms with Crippen molar-refractivity contribution in [1.29, 1.82) is 0 Å². The van der Waals surface area contributed by atoms with Gasteiger partial charge >= 0.3 is 12.1 Å². The third-order valence-electron chi connectivity index (χ3n) is 3.06. The molecule has 0 radical (unpaired) electrons. The Morgan fingerprint density at radius 2 is 2.05 bits per heavy atom. The fourth-order valence-corrected chi connectivity index (χ4v) is 2.28. The first-order valence-electron chi connectivity index (χ1n) is 6.48. The van der Waals surface area contributed by atoms with Gasteiger partial charge in [-0.1, -0.05) is 6.08 Å². The van der Waals surface area contributed by atoms with Crippen molar-refractivity contribution in [3.63, 3.8) is 0 Å². The van der Waals surface area contributed by atoms with Gasteiger partial charge in [-0.05, 0) is 39.5 Å². The minimum atomic E-state index is -0.575. The normalized spacial score (nSPS) is 23.1. The molecule has 0 aliphatic carbocycles. The summed E-state index contributed by atoms with van der Waals surface area (Å²) in [6.07, 6.45) is 2.73. The third kappa shape index (κ3) is 3.98. The molecule has 1 aliphatic heterocycles. The van der Waals surface area contributed by atoms with Gasteiger partial charge in [0.15, 0.2) is 0 Å². The van der Waals surface area contributed by atoms with Crippen LogP contribution < -0.4 is 0 Å². The lowest BCUT2D eigenvalue weighted by atomic mass is 9.97. The van der Waals surface area contributed by atoms with Gasteiger partial charge in [0, 0.05) is 6.54 Å². The summed E-state index contributed by atoms with van der Waals surface area (Å²) < 4.78 is 10.1. The lowest BCUT2D eigenvalue weighted by Gasteiger charge is -2.28. The van der Waals surface area contributed by atoms with Crippen LogP contribution in [0.4, 0.5) is 4.79 Å². The summed E-state index contributed by atoms with van der Waals surface area (Å²) in [6, 6.07) is -0.571. The number of esters is 1. The van der Waals surface area contributed by atoms with Crippen LogP contribution in [0.5, 0.6) is 0 Å². The summed E-state index contributed by atoms with van der Waals surface area (Å²) in [5, 5.41) is 0. The number of nitrogens with zero attached hydrogens (tertiary/aromatic N) is 1. The van der Waals surface area contributed by atoms with E-state index in [-0.39, 0.29) is 5.92 Å². The highest BCUT2D eigenvalue weighted by molar-refractivity contribution is 5.82. The Labute approximate surface area is 114 Å². The number of carbonyl (C=O) groups excluding carboxylic acids is 2. The molecule has 2 atom stereocenters. The molecule has 0 unspecified atom stereocenters. The predicted octanol–water partition coefficient (Wildman–Crippen LogP) is 2.36. The second-order valence-corrected chi connectivity index (χ2v) is 5.71. The molecule has 5 heteroatoms. The highest BCUT2D eigenvalue weighted by Gasteiger charge is 2.43. The number of ether oxygens (including phenoxy) is 2. The first-order valence-corrected chi connectivity index (χ1v) is 6.48. The van der Waals surface area contributed by atoms with Gasteiger partial charge in [-0.15, -0.1) is 6.58 Å². The van der Waals surface area contributed by atoms with Crippen LogP contribution >= 0.6 is 0 Å². The van der Waals surface area contributed by atoms with E-state index in [1.54, 1.807) is 26.8 Å². The van der Waals surface area contributed by atoms with E-state index in [1.807, 2.05) is 0 Å². The maximum absolute atomic E-state index is 12.1. The maximum atomic E-state index is 12.1. The summed E-state index contributed by atoms with van der Waals surface area (Å²) in [5.74, 6) is -0.340. The predicted molar refractivity (Wildman–Crippen MR) is 71.7 cm³/mol. The molecule has 0 spiro atoms. The Morgan fingerprint density at radius 1 is 1.42 bits per heavy atom. The molecule has 1 amide bonds. The van der Waals surface area contributed by atoms with Gasteiger partial charge in [0.25, 0.3) is 0 Å². The summed E-state index contributed by atoms with van der Waals surface area (Å²) in [5.41, 5.74) is -0.575. The average Bonchev–Trinajstić information content (AvgIpc) is 2.70. The van der Waals surface area contributed by atoms with Crippen molar-refractivity contribution in [3.8, 4) is 0 Å². The molecule has 1 saturated heterocycles. The molecular formula is C14H23NO4. The quantitative estimate of drug-likeness (QED) is 0.583. The Bertz CT molecular complexity index is 359. The largest absolute Gasteiger partial charge is 0.467 e. The van der Waals surface area contributed by atoms with Gasteiger partial charge in [-0.25, -0.2) is 9.59 Å². The summed E-state index contributed by atoms with van der Waals surface area (Å²) >= 11 is 0. The molecule has 5 nitrogen and oxygen atoms in total. The third-order valence-corrected chi connectivity index (χ3v) is 3.06. The number of likely N-dealkylation sites (tertiary alicyclic amines) is 1. The van der Waals surface area contributed by atoms with Crippen molar-refractivity contribution >= 4 is 12.1 Å². The van der Waals surface area contributed by atoms with Crippen LogP contribution in [0.1, 0.15) is 33.6 Å². The molecule has 1 heterocycles. The number of rotatable bonds is 3. The van der Waals surface area contributed by atoms with Gasteiger partial charge in [-0.3, -0.25) is 4.90 Å². The van der Waals surface area contributed by atoms with Gasteiger partial charge in [-0.2, -0.15) is 0 Å². The lowest BCUT2D eigenvalue weighted by Crippen LogP contribution is -2.46. The van der Waals surface area contributed by atoms with Crippen molar-refractivity contribution in [2.45, 2.75) is 45.3 Å². The molecule has 1 rings (SSSR count). The van der Waals surface area contributed by atoms with Crippen LogP contribution in [0.2, 0.25) is 0 Å². The molecule has 1 fully saturated rings. The first kappa shape index (κ1) is 15.5. The van der Waals surface area contributed by atoms with E-state index >= 15 is 0 Å². The average molecular weight is 269 g/mol. The summed E-state index contributed by atoms with van der Waals surface area (Å²) in [7, 11) is 1.33. The minimum absolute atomic E-state index is 0.0532. The number of hydrogen-bond acceptors (Lipinski definition) is 4. The van der Waals surface area contributed by atoms with Crippen LogP contribution in [-0.2, 0) is 14.3 Å². The fraction of sp³-hybridized carbons (Fsp3) is 0.714. The monoisotopic (exact) mass is 269 g/mol. The molecule has 0 aromatic rings. The number of methoxy groups -OCH3 is 1. The van der Waals surface area contributed by atoms with E-state index in [2.05, 4.69) is 6.58 Å². The summed E-state index contributed by atoms with van der Waals surface area (Å²) in [6.45, 7) is 9.60. The zero-order valence-corrected chi connectivity index (χ0v) is 12.1. The molecule has 108 valence electrons. The highest BCUT2D eigenvalue weighted by Crippen LogP contribution is 2.29. The van der Waals surface area contributed by atoms with Crippen molar-refractivity contribution < 1.29 is 19.1 Å². The Hall–Kier alpha value is -1.52. The van der Waals surface area contributed by atoms with Crippen LogP contribution in [0.15, 0.2) is 12.7 Å². The van der Waals surface area contributed by atoms with E-state index < -0.39 is 23.7 Å². The molecule has 1 aliphatic rings. The highest BCUT2D eigenvalue weighted by atomic mass is 16.6. The molecule has 0 bridgehead atoms. The fourth-order valence-electron chi connectivity index (χ4n) is 2.28. The van der Waals surface area contributed by atoms with Crippen molar-refractivity contribution in [3.05, 3.63) is 12.7 Å². The van der Waals surface area contributed by atoms with Crippen molar-refractivity contribution in [2.24, 2.45) is 5.92 Å². The molecule has 0 aromatic heterocycles. The van der Waals surface area contributed by atoms with Gasteiger partial charge in [0.05, 0.1) is 7.11 Å². The van der Waals surface area contributed by atoms with Crippen LogP contribution in [-0.4, -0.2) is 42.3 Å². The zero-order chi connectivity index (χ0) is 14.6. The lowest BCUT2D eigenvalue weighted by molar-refractivity contribution is -0.147. The van der Waals surface area contributed by atoms with Gasteiger partial charge in [0.1, 0.15) is 11.6 Å². The van der Waals surface area contributed by atoms with Crippen molar-refractivity contribution in [2.75, 3.05) is 13.7 Å². The zero-order valence-electron chi connectivity index (χ0n) is 12.1. The molecule has 19 heavy (non-hydrogen) atoms. The first-order chi connectivity index (χ1) is 8.80. The van der Waals surface area contributed by atoms with E-state index in [1.165, 1.54) is 12.0 Å². The Kier molecular flexibility index (Phi) is 4.97.